The third kappa shape index (κ3) is 3.46. The lowest BCUT2D eigenvalue weighted by molar-refractivity contribution is -0.133. The number of nitrogens with zero attached hydrogens (tertiary/aromatic N) is 1. The van der Waals surface area contributed by atoms with Crippen LogP contribution < -0.4 is 5.63 Å². The van der Waals surface area contributed by atoms with Gasteiger partial charge in [0.25, 0.3) is 0 Å². The second kappa shape index (κ2) is 6.19. The van der Waals surface area contributed by atoms with Gasteiger partial charge >= 0.3 is 5.63 Å². The van der Waals surface area contributed by atoms with Crippen molar-refractivity contribution in [1.29, 1.82) is 0 Å². The number of hydrogen-bond acceptors (Lipinski definition) is 3. The maximum Gasteiger partial charge on any atom is 0.336 e. The van der Waals surface area contributed by atoms with Gasteiger partial charge in [-0.2, -0.15) is 0 Å². The fraction of sp³-hybridized carbons (Fsp3) is 0.474. The Bertz CT molecular complexity index is 783. The lowest BCUT2D eigenvalue weighted by Crippen LogP contribution is -2.43. The summed E-state index contributed by atoms with van der Waals surface area (Å²) < 4.78 is 5.26. The van der Waals surface area contributed by atoms with Crippen LogP contribution in [0.1, 0.15) is 31.4 Å². The van der Waals surface area contributed by atoms with Crippen LogP contribution in [0.4, 0.5) is 0 Å². The first-order chi connectivity index (χ1) is 10.9. The minimum absolute atomic E-state index is 0.0934. The summed E-state index contributed by atoms with van der Waals surface area (Å²) in [5, 5.41) is 0.849. The van der Waals surface area contributed by atoms with Gasteiger partial charge in [-0.1, -0.05) is 26.0 Å². The molecule has 23 heavy (non-hydrogen) atoms. The number of carbonyl (C=O) groups excluding carboxylic acids is 1. The normalized spacial score (nSPS) is 21.6. The molecule has 0 spiro atoms. The Morgan fingerprint density at radius 2 is 1.91 bits per heavy atom. The molecule has 4 heteroatoms. The zero-order valence-corrected chi connectivity index (χ0v) is 14.0. The summed E-state index contributed by atoms with van der Waals surface area (Å²) in [5.74, 6) is 1.15. The average Bonchev–Trinajstić information content (AvgIpc) is 2.45. The highest BCUT2D eigenvalue weighted by Gasteiger charge is 2.25. The maximum absolute atomic E-state index is 12.7. The molecule has 122 valence electrons. The number of benzene rings is 1. The molecular formula is C19H23NO3. The van der Waals surface area contributed by atoms with Crippen LogP contribution in [-0.4, -0.2) is 23.9 Å². The van der Waals surface area contributed by atoms with E-state index in [9.17, 15) is 9.59 Å². The van der Waals surface area contributed by atoms with E-state index in [0.717, 1.165) is 29.6 Å². The second-order valence-corrected chi connectivity index (χ2v) is 7.01. The largest absolute Gasteiger partial charge is 0.423 e. The molecule has 1 amide bonds. The Balaban J connectivity index is 1.89. The fourth-order valence-corrected chi connectivity index (χ4v) is 3.62. The van der Waals surface area contributed by atoms with E-state index in [4.69, 9.17) is 4.42 Å². The van der Waals surface area contributed by atoms with Crippen LogP contribution >= 0.6 is 0 Å². The second-order valence-electron chi connectivity index (χ2n) is 7.01. The van der Waals surface area contributed by atoms with E-state index in [2.05, 4.69) is 13.8 Å². The van der Waals surface area contributed by atoms with Crippen molar-refractivity contribution < 1.29 is 9.21 Å². The Morgan fingerprint density at radius 1 is 1.22 bits per heavy atom. The molecule has 1 saturated heterocycles. The molecule has 4 nitrogen and oxygen atoms in total. The molecule has 0 N–H and O–H groups in total. The van der Waals surface area contributed by atoms with E-state index < -0.39 is 5.63 Å². The Kier molecular flexibility index (Phi) is 4.24. The van der Waals surface area contributed by atoms with E-state index >= 15 is 0 Å². The van der Waals surface area contributed by atoms with Gasteiger partial charge in [0.05, 0.1) is 6.42 Å². The zero-order chi connectivity index (χ0) is 16.6. The molecule has 3 rings (SSSR count). The van der Waals surface area contributed by atoms with Gasteiger partial charge in [0.1, 0.15) is 5.58 Å². The summed E-state index contributed by atoms with van der Waals surface area (Å²) in [4.78, 5) is 26.4. The van der Waals surface area contributed by atoms with Crippen LogP contribution in [0.15, 0.2) is 33.5 Å². The molecule has 1 fully saturated rings. The molecule has 1 aromatic carbocycles. The first-order valence-electron chi connectivity index (χ1n) is 8.23. The lowest BCUT2D eigenvalue weighted by atomic mass is 9.91. The monoisotopic (exact) mass is 313 g/mol. The number of likely N-dealkylation sites (tertiary alicyclic amines) is 1. The third-order valence-corrected chi connectivity index (χ3v) is 4.55. The molecule has 0 radical (unpaired) electrons. The molecule has 1 aromatic heterocycles. The number of hydrogen-bond donors (Lipinski definition) is 0. The number of fused-ring (bicyclic) bond motifs is 1. The number of aryl methyl sites for hydroxylation is 1. The summed E-state index contributed by atoms with van der Waals surface area (Å²) in [6.45, 7) is 7.94. The minimum atomic E-state index is -0.397. The first kappa shape index (κ1) is 15.8. The van der Waals surface area contributed by atoms with E-state index in [0.29, 0.717) is 17.4 Å². The van der Waals surface area contributed by atoms with Crippen LogP contribution in [0, 0.1) is 18.8 Å². The Hall–Kier alpha value is -2.10. The minimum Gasteiger partial charge on any atom is -0.423 e. The quantitative estimate of drug-likeness (QED) is 0.800. The van der Waals surface area contributed by atoms with Crippen molar-refractivity contribution >= 4 is 16.9 Å². The lowest BCUT2D eigenvalue weighted by Gasteiger charge is -2.35. The van der Waals surface area contributed by atoms with Crippen LogP contribution in [0.25, 0.3) is 11.0 Å². The highest BCUT2D eigenvalue weighted by Crippen LogP contribution is 2.23. The predicted molar refractivity (Wildman–Crippen MR) is 90.5 cm³/mol. The molecule has 0 saturated carbocycles. The van der Waals surface area contributed by atoms with Crippen molar-refractivity contribution in [3.05, 3.63) is 45.8 Å². The molecular weight excluding hydrogens is 290 g/mol. The van der Waals surface area contributed by atoms with Crippen LogP contribution in [0.3, 0.4) is 0 Å². The summed E-state index contributed by atoms with van der Waals surface area (Å²) >= 11 is 0. The van der Waals surface area contributed by atoms with Gasteiger partial charge in [0.2, 0.25) is 5.91 Å². The topological polar surface area (TPSA) is 50.5 Å². The maximum atomic E-state index is 12.7. The van der Waals surface area contributed by atoms with Gasteiger partial charge in [-0.15, -0.1) is 0 Å². The van der Waals surface area contributed by atoms with Crippen molar-refractivity contribution in [3.8, 4) is 0 Å². The zero-order valence-electron chi connectivity index (χ0n) is 14.0. The summed E-state index contributed by atoms with van der Waals surface area (Å²) in [6, 6.07) is 7.20. The predicted octanol–water partition coefficient (Wildman–Crippen LogP) is 3.15. The van der Waals surface area contributed by atoms with E-state index in [1.165, 1.54) is 12.5 Å². The molecule has 1 aliphatic rings. The Morgan fingerprint density at radius 3 is 2.61 bits per heavy atom. The number of piperidine rings is 1. The van der Waals surface area contributed by atoms with Crippen molar-refractivity contribution in [1.82, 2.24) is 4.90 Å². The van der Waals surface area contributed by atoms with Crippen molar-refractivity contribution in [2.24, 2.45) is 11.8 Å². The molecule has 2 heterocycles. The van der Waals surface area contributed by atoms with E-state index in [-0.39, 0.29) is 12.3 Å². The van der Waals surface area contributed by atoms with Gasteiger partial charge < -0.3 is 9.32 Å². The molecule has 2 atom stereocenters. The third-order valence-electron chi connectivity index (χ3n) is 4.55. The van der Waals surface area contributed by atoms with Gasteiger partial charge in [-0.05, 0) is 42.4 Å². The number of carbonyl (C=O) groups is 1. The Labute approximate surface area is 136 Å². The number of amides is 1. The molecule has 2 aromatic rings. The SMILES string of the molecule is Cc1ccc2c(CC(=O)N3C[C@H](C)C[C@@H](C)C3)cc(=O)oc2c1. The smallest absolute Gasteiger partial charge is 0.336 e. The van der Waals surface area contributed by atoms with Crippen molar-refractivity contribution in [2.45, 2.75) is 33.6 Å². The van der Waals surface area contributed by atoms with Gasteiger partial charge in [0, 0.05) is 24.5 Å². The summed E-state index contributed by atoms with van der Waals surface area (Å²) in [6.07, 6.45) is 1.42. The summed E-state index contributed by atoms with van der Waals surface area (Å²) in [5.41, 5.74) is 1.95. The van der Waals surface area contributed by atoms with Gasteiger partial charge in [0.15, 0.2) is 0 Å². The van der Waals surface area contributed by atoms with Gasteiger partial charge in [-0.25, -0.2) is 4.79 Å². The van der Waals surface area contributed by atoms with Crippen LogP contribution in [-0.2, 0) is 11.2 Å². The fourth-order valence-electron chi connectivity index (χ4n) is 3.62. The van der Waals surface area contributed by atoms with E-state index in [1.807, 2.05) is 30.0 Å². The molecule has 0 unspecified atom stereocenters. The van der Waals surface area contributed by atoms with Crippen LogP contribution in [0.2, 0.25) is 0 Å². The van der Waals surface area contributed by atoms with E-state index in [1.54, 1.807) is 0 Å². The molecule has 0 bridgehead atoms. The summed E-state index contributed by atoms with van der Waals surface area (Å²) in [7, 11) is 0. The number of rotatable bonds is 2. The highest BCUT2D eigenvalue weighted by atomic mass is 16.4. The standard InChI is InChI=1S/C19H23NO3/c1-12-4-5-16-15(9-19(22)23-17(16)7-12)8-18(21)20-10-13(2)6-14(3)11-20/h4-5,7,9,13-14H,6,8,10-11H2,1-3H3/t13-,14-/m1/s1. The van der Waals surface area contributed by atoms with Crippen molar-refractivity contribution in [2.75, 3.05) is 13.1 Å². The highest BCUT2D eigenvalue weighted by molar-refractivity contribution is 5.87. The van der Waals surface area contributed by atoms with Crippen LogP contribution in [0.5, 0.6) is 0 Å². The average molecular weight is 313 g/mol. The molecule has 0 aliphatic carbocycles. The van der Waals surface area contributed by atoms with Gasteiger partial charge in [-0.3, -0.25) is 4.79 Å². The first-order valence-corrected chi connectivity index (χ1v) is 8.23. The molecule has 1 aliphatic heterocycles. The van der Waals surface area contributed by atoms with Crippen molar-refractivity contribution in [3.63, 3.8) is 0 Å².